The van der Waals surface area contributed by atoms with Crippen LogP contribution in [0.2, 0.25) is 0 Å². The summed E-state index contributed by atoms with van der Waals surface area (Å²) in [6.07, 6.45) is 0.848. The highest BCUT2D eigenvalue weighted by molar-refractivity contribution is 7.99. The molecular formula is C20H32N4OS. The van der Waals surface area contributed by atoms with Crippen LogP contribution in [-0.2, 0) is 0 Å². The van der Waals surface area contributed by atoms with Crippen LogP contribution in [0.4, 0.5) is 5.69 Å². The molecule has 5 nitrogen and oxygen atoms in total. The zero-order valence-corrected chi connectivity index (χ0v) is 17.1. The van der Waals surface area contributed by atoms with Crippen molar-refractivity contribution < 1.29 is 5.11 Å². The van der Waals surface area contributed by atoms with Crippen LogP contribution in [0.15, 0.2) is 23.2 Å². The number of anilines is 1. The van der Waals surface area contributed by atoms with Crippen molar-refractivity contribution in [1.29, 1.82) is 0 Å². The van der Waals surface area contributed by atoms with E-state index in [4.69, 9.17) is 4.99 Å². The molecule has 2 heterocycles. The average molecular weight is 377 g/mol. The Hall–Kier alpha value is -1.40. The Labute approximate surface area is 161 Å². The average Bonchev–Trinajstić information content (AvgIpc) is 3.08. The first-order chi connectivity index (χ1) is 12.5. The van der Waals surface area contributed by atoms with E-state index in [1.54, 1.807) is 0 Å². The summed E-state index contributed by atoms with van der Waals surface area (Å²) in [6.45, 7) is 11.7. The van der Waals surface area contributed by atoms with Crippen molar-refractivity contribution in [1.82, 2.24) is 10.2 Å². The van der Waals surface area contributed by atoms with E-state index in [0.29, 0.717) is 6.54 Å². The summed E-state index contributed by atoms with van der Waals surface area (Å²) in [4.78, 5) is 9.58. The molecule has 6 heteroatoms. The first kappa shape index (κ1) is 19.4. The van der Waals surface area contributed by atoms with Gasteiger partial charge in [-0.2, -0.15) is 11.8 Å². The molecule has 1 aromatic rings. The fourth-order valence-corrected chi connectivity index (χ4v) is 4.89. The molecule has 2 fully saturated rings. The Bertz CT molecular complexity index is 635. The van der Waals surface area contributed by atoms with Gasteiger partial charge in [0.05, 0.1) is 12.1 Å². The topological polar surface area (TPSA) is 51.1 Å². The predicted octanol–water partition coefficient (Wildman–Crippen LogP) is 2.26. The van der Waals surface area contributed by atoms with Gasteiger partial charge in [0, 0.05) is 44.2 Å². The molecule has 26 heavy (non-hydrogen) atoms. The molecule has 2 aliphatic heterocycles. The standard InChI is InChI=1S/C20H32N4OS/c1-4-21-19(22-14-20(25)8-13-26-15-20)24-11-9-23(10-12-24)18-7-5-6-16(2)17(18)3/h5-7,25H,4,8-15H2,1-3H3,(H,21,22). The monoisotopic (exact) mass is 376 g/mol. The smallest absolute Gasteiger partial charge is 0.194 e. The predicted molar refractivity (Wildman–Crippen MR) is 113 cm³/mol. The molecule has 0 spiro atoms. The molecule has 3 rings (SSSR count). The third-order valence-electron chi connectivity index (χ3n) is 5.44. The van der Waals surface area contributed by atoms with E-state index in [2.05, 4.69) is 54.1 Å². The lowest BCUT2D eigenvalue weighted by molar-refractivity contribution is 0.0775. The lowest BCUT2D eigenvalue weighted by atomic mass is 10.0. The van der Waals surface area contributed by atoms with Gasteiger partial charge < -0.3 is 20.2 Å². The highest BCUT2D eigenvalue weighted by Crippen LogP contribution is 2.28. The first-order valence-electron chi connectivity index (χ1n) is 9.67. The molecular weight excluding hydrogens is 344 g/mol. The molecule has 0 radical (unpaired) electrons. The summed E-state index contributed by atoms with van der Waals surface area (Å²) in [5, 5.41) is 14.0. The maximum Gasteiger partial charge on any atom is 0.194 e. The number of guanidine groups is 1. The van der Waals surface area contributed by atoms with Crippen molar-refractivity contribution in [2.45, 2.75) is 32.8 Å². The molecule has 0 aromatic heterocycles. The van der Waals surface area contributed by atoms with Gasteiger partial charge in [-0.15, -0.1) is 0 Å². The number of nitrogens with one attached hydrogen (secondary N) is 1. The van der Waals surface area contributed by atoms with E-state index < -0.39 is 5.60 Å². The van der Waals surface area contributed by atoms with E-state index in [1.807, 2.05) is 11.8 Å². The summed E-state index contributed by atoms with van der Waals surface area (Å²) in [7, 11) is 0. The zero-order chi connectivity index (χ0) is 18.6. The van der Waals surface area contributed by atoms with Crippen molar-refractivity contribution in [3.8, 4) is 0 Å². The molecule has 144 valence electrons. The van der Waals surface area contributed by atoms with Gasteiger partial charge in [-0.3, -0.25) is 4.99 Å². The Morgan fingerprint density at radius 2 is 2.04 bits per heavy atom. The molecule has 2 saturated heterocycles. The van der Waals surface area contributed by atoms with Gasteiger partial charge in [-0.05, 0) is 50.1 Å². The van der Waals surface area contributed by atoms with Crippen LogP contribution < -0.4 is 10.2 Å². The summed E-state index contributed by atoms with van der Waals surface area (Å²) in [5.74, 6) is 2.78. The highest BCUT2D eigenvalue weighted by atomic mass is 32.2. The van der Waals surface area contributed by atoms with Crippen molar-refractivity contribution in [3.05, 3.63) is 29.3 Å². The summed E-state index contributed by atoms with van der Waals surface area (Å²) in [6, 6.07) is 6.55. The Morgan fingerprint density at radius 3 is 2.69 bits per heavy atom. The van der Waals surface area contributed by atoms with Crippen LogP contribution in [0.1, 0.15) is 24.5 Å². The summed E-state index contributed by atoms with van der Waals surface area (Å²) >= 11 is 1.82. The number of rotatable bonds is 4. The molecule has 0 amide bonds. The lowest BCUT2D eigenvalue weighted by Gasteiger charge is -2.38. The highest BCUT2D eigenvalue weighted by Gasteiger charge is 2.32. The number of hydrogen-bond donors (Lipinski definition) is 2. The van der Waals surface area contributed by atoms with Gasteiger partial charge in [0.2, 0.25) is 0 Å². The SMILES string of the molecule is CCNC(=NCC1(O)CCSC1)N1CCN(c2cccc(C)c2C)CC1. The van der Waals surface area contributed by atoms with Crippen LogP contribution in [0, 0.1) is 13.8 Å². The number of aliphatic hydroxyl groups is 1. The number of piperazine rings is 1. The largest absolute Gasteiger partial charge is 0.387 e. The number of benzene rings is 1. The Kier molecular flexibility index (Phi) is 6.35. The Balaban J connectivity index is 1.63. The number of thioether (sulfide) groups is 1. The molecule has 2 aliphatic rings. The number of hydrogen-bond acceptors (Lipinski definition) is 4. The second-order valence-electron chi connectivity index (χ2n) is 7.39. The van der Waals surface area contributed by atoms with Gasteiger partial charge >= 0.3 is 0 Å². The van der Waals surface area contributed by atoms with Gasteiger partial charge in [0.25, 0.3) is 0 Å². The van der Waals surface area contributed by atoms with E-state index in [9.17, 15) is 5.11 Å². The third-order valence-corrected chi connectivity index (χ3v) is 6.67. The van der Waals surface area contributed by atoms with Crippen molar-refractivity contribution in [3.63, 3.8) is 0 Å². The quantitative estimate of drug-likeness (QED) is 0.624. The zero-order valence-electron chi connectivity index (χ0n) is 16.3. The fourth-order valence-electron chi connectivity index (χ4n) is 3.61. The molecule has 1 aromatic carbocycles. The minimum absolute atomic E-state index is 0.500. The van der Waals surface area contributed by atoms with Crippen LogP contribution in [0.3, 0.4) is 0 Å². The molecule has 1 atom stereocenters. The normalized spacial score (nSPS) is 24.2. The molecule has 0 aliphatic carbocycles. The second kappa shape index (κ2) is 8.53. The van der Waals surface area contributed by atoms with Crippen LogP contribution in [-0.4, -0.2) is 72.3 Å². The van der Waals surface area contributed by atoms with Gasteiger partial charge in [0.15, 0.2) is 5.96 Å². The minimum atomic E-state index is -0.619. The molecule has 0 saturated carbocycles. The van der Waals surface area contributed by atoms with E-state index in [1.165, 1.54) is 16.8 Å². The van der Waals surface area contributed by atoms with Crippen LogP contribution in [0.25, 0.3) is 0 Å². The molecule has 2 N–H and O–H groups in total. The van der Waals surface area contributed by atoms with Gasteiger partial charge in [-0.1, -0.05) is 12.1 Å². The van der Waals surface area contributed by atoms with E-state index >= 15 is 0 Å². The van der Waals surface area contributed by atoms with Crippen LogP contribution in [0.5, 0.6) is 0 Å². The summed E-state index contributed by atoms with van der Waals surface area (Å²) in [5.41, 5.74) is 3.46. The Morgan fingerprint density at radius 1 is 1.27 bits per heavy atom. The number of aryl methyl sites for hydroxylation is 1. The van der Waals surface area contributed by atoms with Crippen molar-refractivity contribution >= 4 is 23.4 Å². The fraction of sp³-hybridized carbons (Fsp3) is 0.650. The molecule has 0 bridgehead atoms. The van der Waals surface area contributed by atoms with Gasteiger partial charge in [-0.25, -0.2) is 0 Å². The maximum absolute atomic E-state index is 10.6. The maximum atomic E-state index is 10.6. The number of aliphatic imine (C=N–C) groups is 1. The minimum Gasteiger partial charge on any atom is -0.387 e. The summed E-state index contributed by atoms with van der Waals surface area (Å²) < 4.78 is 0. The van der Waals surface area contributed by atoms with Crippen LogP contribution >= 0.6 is 11.8 Å². The van der Waals surface area contributed by atoms with E-state index in [0.717, 1.165) is 56.6 Å². The van der Waals surface area contributed by atoms with Crippen molar-refractivity contribution in [2.75, 3.05) is 55.7 Å². The lowest BCUT2D eigenvalue weighted by Crippen LogP contribution is -2.53. The van der Waals surface area contributed by atoms with Crippen molar-refractivity contribution in [2.24, 2.45) is 4.99 Å². The molecule has 1 unspecified atom stereocenters. The third kappa shape index (κ3) is 4.46. The first-order valence-corrected chi connectivity index (χ1v) is 10.8. The van der Waals surface area contributed by atoms with E-state index in [-0.39, 0.29) is 0 Å². The number of nitrogens with zero attached hydrogens (tertiary/aromatic N) is 3. The second-order valence-corrected chi connectivity index (χ2v) is 8.50. The van der Waals surface area contributed by atoms with Gasteiger partial charge in [0.1, 0.15) is 0 Å².